The van der Waals surface area contributed by atoms with Gasteiger partial charge in [0.1, 0.15) is 0 Å². The topological polar surface area (TPSA) is 72.2 Å². The van der Waals surface area contributed by atoms with Crippen LogP contribution in [0.2, 0.25) is 0 Å². The summed E-state index contributed by atoms with van der Waals surface area (Å²) < 4.78 is 25.7. The van der Waals surface area contributed by atoms with E-state index in [9.17, 15) is 8.42 Å². The van der Waals surface area contributed by atoms with Crippen LogP contribution in [0, 0.1) is 0 Å². The molecule has 1 atom stereocenters. The van der Waals surface area contributed by atoms with Gasteiger partial charge in [0, 0.05) is 13.1 Å². The zero-order chi connectivity index (χ0) is 12.7. The fourth-order valence-corrected chi connectivity index (χ4v) is 2.39. The zero-order valence-electron chi connectivity index (χ0n) is 10.1. The average Bonchev–Trinajstić information content (AvgIpc) is 2.35. The third-order valence-corrected chi connectivity index (χ3v) is 4.51. The second-order valence-corrected chi connectivity index (χ2v) is 6.26. The van der Waals surface area contributed by atoms with Gasteiger partial charge >= 0.3 is 0 Å². The Kier molecular flexibility index (Phi) is 5.61. The van der Waals surface area contributed by atoms with E-state index in [4.69, 9.17) is 5.73 Å². The second-order valence-electron chi connectivity index (χ2n) is 4.07. The van der Waals surface area contributed by atoms with Crippen LogP contribution in [0.4, 0.5) is 0 Å². The largest absolute Gasteiger partial charge is 0.329 e. The maximum absolute atomic E-state index is 11.6. The number of benzene rings is 1. The van der Waals surface area contributed by atoms with Crippen molar-refractivity contribution in [3.05, 3.63) is 35.9 Å². The molecule has 0 spiro atoms. The molecule has 3 N–H and O–H groups in total. The Bertz CT molecular complexity index is 417. The van der Waals surface area contributed by atoms with E-state index in [0.29, 0.717) is 6.54 Å². The number of sulfonamides is 1. The highest BCUT2D eigenvalue weighted by Gasteiger charge is 2.17. The maximum Gasteiger partial charge on any atom is 0.215 e. The van der Waals surface area contributed by atoms with Gasteiger partial charge in [0.05, 0.1) is 5.25 Å². The number of hydrogen-bond acceptors (Lipinski definition) is 3. The summed E-state index contributed by atoms with van der Waals surface area (Å²) in [6.07, 6.45) is 1.67. The van der Waals surface area contributed by atoms with Crippen molar-refractivity contribution in [1.29, 1.82) is 0 Å². The SMILES string of the molecule is CC(CN)S(=O)(=O)NCCCc1ccccc1. The summed E-state index contributed by atoms with van der Waals surface area (Å²) in [7, 11) is -3.24. The summed E-state index contributed by atoms with van der Waals surface area (Å²) in [6, 6.07) is 10.0. The van der Waals surface area contributed by atoms with Crippen molar-refractivity contribution in [3.8, 4) is 0 Å². The number of nitrogens with two attached hydrogens (primary N) is 1. The number of rotatable bonds is 7. The van der Waals surface area contributed by atoms with Gasteiger partial charge in [-0.05, 0) is 25.3 Å². The Morgan fingerprint density at radius 3 is 2.53 bits per heavy atom. The highest BCUT2D eigenvalue weighted by atomic mass is 32.2. The monoisotopic (exact) mass is 256 g/mol. The van der Waals surface area contributed by atoms with Crippen LogP contribution in [0.5, 0.6) is 0 Å². The summed E-state index contributed by atoms with van der Waals surface area (Å²) in [5.41, 5.74) is 6.56. The van der Waals surface area contributed by atoms with Crippen molar-refractivity contribution >= 4 is 10.0 Å². The summed E-state index contributed by atoms with van der Waals surface area (Å²) in [5.74, 6) is 0. The van der Waals surface area contributed by atoms with Crippen molar-refractivity contribution in [2.24, 2.45) is 5.73 Å². The van der Waals surface area contributed by atoms with Gasteiger partial charge < -0.3 is 5.73 Å². The van der Waals surface area contributed by atoms with E-state index in [1.54, 1.807) is 6.92 Å². The number of aryl methyl sites for hydroxylation is 1. The van der Waals surface area contributed by atoms with Crippen molar-refractivity contribution in [2.45, 2.75) is 25.0 Å². The van der Waals surface area contributed by atoms with Gasteiger partial charge in [-0.25, -0.2) is 13.1 Å². The molecule has 0 aliphatic carbocycles. The molecule has 0 fully saturated rings. The average molecular weight is 256 g/mol. The fraction of sp³-hybridized carbons (Fsp3) is 0.500. The Morgan fingerprint density at radius 1 is 1.29 bits per heavy atom. The molecular weight excluding hydrogens is 236 g/mol. The Balaban J connectivity index is 2.30. The van der Waals surface area contributed by atoms with E-state index < -0.39 is 15.3 Å². The van der Waals surface area contributed by atoms with Crippen molar-refractivity contribution in [1.82, 2.24) is 4.72 Å². The molecule has 0 saturated carbocycles. The first-order valence-electron chi connectivity index (χ1n) is 5.78. The molecule has 0 aliphatic heterocycles. The number of hydrogen-bond donors (Lipinski definition) is 2. The minimum absolute atomic E-state index is 0.147. The summed E-state index contributed by atoms with van der Waals surface area (Å²) >= 11 is 0. The Morgan fingerprint density at radius 2 is 1.94 bits per heavy atom. The minimum Gasteiger partial charge on any atom is -0.329 e. The predicted octanol–water partition coefficient (Wildman–Crippen LogP) is 0.886. The lowest BCUT2D eigenvalue weighted by atomic mass is 10.1. The first kappa shape index (κ1) is 14.2. The maximum atomic E-state index is 11.6. The quantitative estimate of drug-likeness (QED) is 0.712. The summed E-state index contributed by atoms with van der Waals surface area (Å²) in [6.45, 7) is 2.22. The highest BCUT2D eigenvalue weighted by molar-refractivity contribution is 7.90. The van der Waals surface area contributed by atoms with E-state index >= 15 is 0 Å². The molecule has 96 valence electrons. The lowest BCUT2D eigenvalue weighted by molar-refractivity contribution is 0.566. The van der Waals surface area contributed by atoms with Gasteiger partial charge in [-0.15, -0.1) is 0 Å². The van der Waals surface area contributed by atoms with E-state index in [-0.39, 0.29) is 6.54 Å². The molecule has 0 aromatic heterocycles. The lowest BCUT2D eigenvalue weighted by Gasteiger charge is -2.11. The standard InChI is InChI=1S/C12H20N2O2S/c1-11(10-13)17(15,16)14-9-5-8-12-6-3-2-4-7-12/h2-4,6-7,11,14H,5,8-10,13H2,1H3. The van der Waals surface area contributed by atoms with Crippen molar-refractivity contribution in [3.63, 3.8) is 0 Å². The molecule has 0 bridgehead atoms. The van der Waals surface area contributed by atoms with Crippen molar-refractivity contribution < 1.29 is 8.42 Å². The first-order valence-corrected chi connectivity index (χ1v) is 7.33. The third-order valence-electron chi connectivity index (χ3n) is 2.65. The van der Waals surface area contributed by atoms with Gasteiger partial charge in [-0.2, -0.15) is 0 Å². The van der Waals surface area contributed by atoms with Crippen LogP contribution in [0.15, 0.2) is 30.3 Å². The van der Waals surface area contributed by atoms with E-state index in [1.807, 2.05) is 30.3 Å². The molecular formula is C12H20N2O2S. The summed E-state index contributed by atoms with van der Waals surface area (Å²) in [4.78, 5) is 0. The van der Waals surface area contributed by atoms with Crippen LogP contribution in [-0.2, 0) is 16.4 Å². The van der Waals surface area contributed by atoms with Gasteiger partial charge in [0.25, 0.3) is 0 Å². The van der Waals surface area contributed by atoms with Gasteiger partial charge in [-0.3, -0.25) is 0 Å². The van der Waals surface area contributed by atoms with E-state index in [0.717, 1.165) is 12.8 Å². The predicted molar refractivity (Wildman–Crippen MR) is 70.2 cm³/mol. The zero-order valence-corrected chi connectivity index (χ0v) is 10.9. The molecule has 1 aromatic rings. The van der Waals surface area contributed by atoms with Gasteiger partial charge in [-0.1, -0.05) is 30.3 Å². The molecule has 1 rings (SSSR count). The van der Waals surface area contributed by atoms with E-state index in [1.165, 1.54) is 5.56 Å². The van der Waals surface area contributed by atoms with Crippen LogP contribution in [0.25, 0.3) is 0 Å². The van der Waals surface area contributed by atoms with Crippen LogP contribution in [-0.4, -0.2) is 26.8 Å². The summed E-state index contributed by atoms with van der Waals surface area (Å²) in [5, 5.41) is -0.528. The fourth-order valence-electron chi connectivity index (χ4n) is 1.42. The Hall–Kier alpha value is -0.910. The number of nitrogens with one attached hydrogen (secondary N) is 1. The minimum atomic E-state index is -3.24. The molecule has 0 radical (unpaired) electrons. The Labute approximate surface area is 103 Å². The van der Waals surface area contributed by atoms with Gasteiger partial charge in [0.2, 0.25) is 10.0 Å². The molecule has 5 heteroatoms. The molecule has 4 nitrogen and oxygen atoms in total. The molecule has 0 saturated heterocycles. The smallest absolute Gasteiger partial charge is 0.215 e. The molecule has 17 heavy (non-hydrogen) atoms. The molecule has 1 aromatic carbocycles. The first-order chi connectivity index (χ1) is 8.06. The normalized spacial score (nSPS) is 13.5. The molecule has 0 aliphatic rings. The van der Waals surface area contributed by atoms with E-state index in [2.05, 4.69) is 4.72 Å². The second kappa shape index (κ2) is 6.74. The molecule has 1 unspecified atom stereocenters. The highest BCUT2D eigenvalue weighted by Crippen LogP contribution is 2.02. The van der Waals surface area contributed by atoms with Crippen LogP contribution >= 0.6 is 0 Å². The molecule has 0 amide bonds. The van der Waals surface area contributed by atoms with Crippen molar-refractivity contribution in [2.75, 3.05) is 13.1 Å². The lowest BCUT2D eigenvalue weighted by Crippen LogP contribution is -2.37. The van der Waals surface area contributed by atoms with Crippen LogP contribution in [0.3, 0.4) is 0 Å². The third kappa shape index (κ3) is 4.85. The van der Waals surface area contributed by atoms with Crippen LogP contribution < -0.4 is 10.5 Å². The van der Waals surface area contributed by atoms with Crippen LogP contribution in [0.1, 0.15) is 18.9 Å². The molecule has 0 heterocycles. The van der Waals surface area contributed by atoms with Gasteiger partial charge in [0.15, 0.2) is 0 Å².